The van der Waals surface area contributed by atoms with Gasteiger partial charge < -0.3 is 10.6 Å². The third-order valence-corrected chi connectivity index (χ3v) is 3.25. The Morgan fingerprint density at radius 3 is 2.87 bits per heavy atom. The molecular weight excluding hydrogens is 190 g/mol. The highest BCUT2D eigenvalue weighted by molar-refractivity contribution is 5.84. The third-order valence-electron chi connectivity index (χ3n) is 3.25. The smallest absolute Gasteiger partial charge is 0.238 e. The van der Waals surface area contributed by atoms with Gasteiger partial charge in [-0.15, -0.1) is 0 Å². The highest BCUT2D eigenvalue weighted by Crippen LogP contribution is 2.13. The molecule has 0 aromatic carbocycles. The summed E-state index contributed by atoms with van der Waals surface area (Å²) in [6.07, 6.45) is 2.32. The van der Waals surface area contributed by atoms with E-state index in [4.69, 9.17) is 0 Å². The highest BCUT2D eigenvalue weighted by atomic mass is 16.2. The summed E-state index contributed by atoms with van der Waals surface area (Å²) in [4.78, 5) is 14.0. The van der Waals surface area contributed by atoms with Gasteiger partial charge >= 0.3 is 0 Å². The zero-order valence-corrected chi connectivity index (χ0v) is 9.62. The first-order valence-electron chi connectivity index (χ1n) is 5.94. The second-order valence-electron chi connectivity index (χ2n) is 4.90. The molecule has 0 spiro atoms. The molecule has 0 aromatic rings. The summed E-state index contributed by atoms with van der Waals surface area (Å²) in [5.41, 5.74) is 0. The fourth-order valence-electron chi connectivity index (χ4n) is 2.14. The summed E-state index contributed by atoms with van der Waals surface area (Å²) in [6, 6.07) is 1.04. The van der Waals surface area contributed by atoms with Crippen LogP contribution in [0, 0.1) is 0 Å². The zero-order chi connectivity index (χ0) is 10.8. The number of hydrogen-bond donors (Lipinski definition) is 2. The molecule has 86 valence electrons. The van der Waals surface area contributed by atoms with Crippen LogP contribution >= 0.6 is 0 Å². The Hall–Kier alpha value is -0.610. The van der Waals surface area contributed by atoms with Gasteiger partial charge in [-0.3, -0.25) is 9.69 Å². The fourth-order valence-corrected chi connectivity index (χ4v) is 2.14. The van der Waals surface area contributed by atoms with Crippen molar-refractivity contribution in [3.63, 3.8) is 0 Å². The molecule has 2 aliphatic rings. The van der Waals surface area contributed by atoms with E-state index in [9.17, 15) is 4.79 Å². The van der Waals surface area contributed by atoms with Crippen LogP contribution in [0.2, 0.25) is 0 Å². The molecule has 0 unspecified atom stereocenters. The molecular formula is C11H21N3O. The molecule has 4 nitrogen and oxygen atoms in total. The van der Waals surface area contributed by atoms with E-state index in [0.29, 0.717) is 12.1 Å². The molecule has 1 amide bonds. The number of nitrogens with one attached hydrogen (secondary N) is 2. The van der Waals surface area contributed by atoms with Crippen molar-refractivity contribution >= 4 is 5.91 Å². The Morgan fingerprint density at radius 2 is 2.27 bits per heavy atom. The first kappa shape index (κ1) is 10.9. The summed E-state index contributed by atoms with van der Waals surface area (Å²) in [7, 11) is 0. The van der Waals surface area contributed by atoms with Crippen LogP contribution in [-0.4, -0.2) is 48.6 Å². The van der Waals surface area contributed by atoms with Gasteiger partial charge in [0, 0.05) is 25.2 Å². The van der Waals surface area contributed by atoms with E-state index in [1.807, 2.05) is 0 Å². The van der Waals surface area contributed by atoms with Crippen molar-refractivity contribution < 1.29 is 4.79 Å². The summed E-state index contributed by atoms with van der Waals surface area (Å²) >= 11 is 0. The normalized spacial score (nSPS) is 31.7. The molecule has 2 fully saturated rings. The van der Waals surface area contributed by atoms with Crippen molar-refractivity contribution in [2.75, 3.05) is 19.6 Å². The molecule has 0 saturated carbocycles. The molecule has 0 radical (unpaired) electrons. The average Bonchev–Trinajstić information content (AvgIpc) is 3.01. The predicted molar refractivity (Wildman–Crippen MR) is 59.7 cm³/mol. The van der Waals surface area contributed by atoms with Crippen LogP contribution in [0.5, 0.6) is 0 Å². The van der Waals surface area contributed by atoms with E-state index in [0.717, 1.165) is 19.5 Å². The molecule has 2 saturated heterocycles. The predicted octanol–water partition coefficient (Wildman–Crippen LogP) is -0.0528. The Kier molecular flexibility index (Phi) is 3.26. The minimum Gasteiger partial charge on any atom is -0.351 e. The van der Waals surface area contributed by atoms with Gasteiger partial charge in [-0.2, -0.15) is 0 Å². The van der Waals surface area contributed by atoms with Crippen molar-refractivity contribution in [1.82, 2.24) is 15.5 Å². The molecule has 4 heteroatoms. The molecule has 2 N–H and O–H groups in total. The van der Waals surface area contributed by atoms with Gasteiger partial charge in [-0.1, -0.05) is 0 Å². The maximum Gasteiger partial charge on any atom is 0.238 e. The largest absolute Gasteiger partial charge is 0.351 e. The fraction of sp³-hybridized carbons (Fsp3) is 0.909. The number of rotatable bonds is 3. The van der Waals surface area contributed by atoms with Crippen LogP contribution in [0.15, 0.2) is 0 Å². The third kappa shape index (κ3) is 2.92. The van der Waals surface area contributed by atoms with Gasteiger partial charge in [0.15, 0.2) is 0 Å². The molecule has 2 atom stereocenters. The molecule has 0 bridgehead atoms. The van der Waals surface area contributed by atoms with Gasteiger partial charge in [0.1, 0.15) is 0 Å². The van der Waals surface area contributed by atoms with E-state index in [1.165, 1.54) is 13.0 Å². The molecule has 2 aliphatic heterocycles. The number of nitrogens with zero attached hydrogens (tertiary/aromatic N) is 1. The lowest BCUT2D eigenvalue weighted by Gasteiger charge is -2.35. The van der Waals surface area contributed by atoms with Crippen molar-refractivity contribution in [3.8, 4) is 0 Å². The van der Waals surface area contributed by atoms with Crippen LogP contribution in [0.25, 0.3) is 0 Å². The highest BCUT2D eigenvalue weighted by Gasteiger charge is 2.31. The SMILES string of the molecule is CC(C)N1CCC[C@H](NC(=O)[C@H]2CN2)C1. The van der Waals surface area contributed by atoms with Gasteiger partial charge in [0.05, 0.1) is 6.04 Å². The Morgan fingerprint density at radius 1 is 1.53 bits per heavy atom. The van der Waals surface area contributed by atoms with E-state index in [1.54, 1.807) is 0 Å². The van der Waals surface area contributed by atoms with Crippen molar-refractivity contribution in [1.29, 1.82) is 0 Å². The van der Waals surface area contributed by atoms with Gasteiger partial charge in [-0.05, 0) is 33.2 Å². The Bertz CT molecular complexity index is 238. The first-order valence-corrected chi connectivity index (χ1v) is 5.94. The number of piperidine rings is 1. The number of hydrogen-bond acceptors (Lipinski definition) is 3. The number of carbonyl (C=O) groups excluding carboxylic acids is 1. The number of amides is 1. The summed E-state index contributed by atoms with van der Waals surface area (Å²) < 4.78 is 0. The molecule has 2 heterocycles. The topological polar surface area (TPSA) is 54.3 Å². The Balaban J connectivity index is 1.79. The van der Waals surface area contributed by atoms with Gasteiger partial charge in [-0.25, -0.2) is 0 Å². The lowest BCUT2D eigenvalue weighted by molar-refractivity contribution is -0.121. The molecule has 15 heavy (non-hydrogen) atoms. The minimum absolute atomic E-state index is 0.0967. The summed E-state index contributed by atoms with van der Waals surface area (Å²) in [5.74, 6) is 0.186. The van der Waals surface area contributed by atoms with Crippen molar-refractivity contribution in [3.05, 3.63) is 0 Å². The Labute approximate surface area is 91.4 Å². The van der Waals surface area contributed by atoms with Crippen molar-refractivity contribution in [2.45, 2.75) is 44.8 Å². The second kappa shape index (κ2) is 4.49. The maximum atomic E-state index is 11.6. The monoisotopic (exact) mass is 211 g/mol. The quantitative estimate of drug-likeness (QED) is 0.643. The maximum absolute atomic E-state index is 11.6. The lowest BCUT2D eigenvalue weighted by atomic mass is 10.0. The van der Waals surface area contributed by atoms with E-state index >= 15 is 0 Å². The average molecular weight is 211 g/mol. The minimum atomic E-state index is 0.0967. The molecule has 0 aliphatic carbocycles. The molecule has 2 rings (SSSR count). The van der Waals surface area contributed by atoms with Crippen LogP contribution < -0.4 is 10.6 Å². The summed E-state index contributed by atoms with van der Waals surface area (Å²) in [5, 5.41) is 6.15. The van der Waals surface area contributed by atoms with Gasteiger partial charge in [0.25, 0.3) is 0 Å². The number of carbonyl (C=O) groups is 1. The standard InChI is InChI=1S/C11H21N3O/c1-8(2)14-5-3-4-9(7-14)13-11(15)10-6-12-10/h8-10,12H,3-7H2,1-2H3,(H,13,15)/t9-,10+/m0/s1. The molecule has 0 aromatic heterocycles. The lowest BCUT2D eigenvalue weighted by Crippen LogP contribution is -2.50. The van der Waals surface area contributed by atoms with Crippen LogP contribution in [0.3, 0.4) is 0 Å². The van der Waals surface area contributed by atoms with Crippen LogP contribution in [0.1, 0.15) is 26.7 Å². The number of likely N-dealkylation sites (tertiary alicyclic amines) is 1. The second-order valence-corrected chi connectivity index (χ2v) is 4.90. The summed E-state index contributed by atoms with van der Waals surface area (Å²) in [6.45, 7) is 7.47. The van der Waals surface area contributed by atoms with E-state index in [-0.39, 0.29) is 11.9 Å². The van der Waals surface area contributed by atoms with E-state index < -0.39 is 0 Å². The van der Waals surface area contributed by atoms with Crippen molar-refractivity contribution in [2.24, 2.45) is 0 Å². The van der Waals surface area contributed by atoms with Gasteiger partial charge in [0.2, 0.25) is 5.91 Å². The van der Waals surface area contributed by atoms with Crippen LogP contribution in [0.4, 0.5) is 0 Å². The van der Waals surface area contributed by atoms with Crippen LogP contribution in [-0.2, 0) is 4.79 Å². The first-order chi connectivity index (χ1) is 7.16. The van der Waals surface area contributed by atoms with E-state index in [2.05, 4.69) is 29.4 Å². The zero-order valence-electron chi connectivity index (χ0n) is 9.62.